The van der Waals surface area contributed by atoms with Crippen LogP contribution in [0, 0.1) is 20.8 Å². The molecule has 1 atom stereocenters. The number of aliphatic hydroxyl groups excluding tert-OH is 1. The van der Waals surface area contributed by atoms with Crippen LogP contribution in [0.3, 0.4) is 0 Å². The number of benzene rings is 2. The molecule has 0 spiro atoms. The Morgan fingerprint density at radius 2 is 1.73 bits per heavy atom. The van der Waals surface area contributed by atoms with Crippen LogP contribution in [0.5, 0.6) is 0 Å². The minimum atomic E-state index is -0.585. The van der Waals surface area contributed by atoms with Gasteiger partial charge in [-0.1, -0.05) is 29.8 Å². The second kappa shape index (κ2) is 5.58. The number of hydrogen-bond acceptors (Lipinski definition) is 2. The first-order valence-corrected chi connectivity index (χ1v) is 7.67. The third-order valence-corrected chi connectivity index (χ3v) is 4.21. The maximum Gasteiger partial charge on any atom is 0.138 e. The highest BCUT2D eigenvalue weighted by molar-refractivity contribution is 5.76. The van der Waals surface area contributed by atoms with Gasteiger partial charge in [-0.25, -0.2) is 4.98 Å². The first-order chi connectivity index (χ1) is 10.5. The van der Waals surface area contributed by atoms with Gasteiger partial charge in [-0.3, -0.25) is 0 Å². The fraction of sp³-hybridized carbons (Fsp3) is 0.316. The topological polar surface area (TPSA) is 38.0 Å². The van der Waals surface area contributed by atoms with E-state index in [-0.39, 0.29) is 0 Å². The molecule has 3 rings (SSSR count). The first kappa shape index (κ1) is 14.8. The zero-order valence-electron chi connectivity index (χ0n) is 13.6. The summed E-state index contributed by atoms with van der Waals surface area (Å²) in [5, 5.41) is 10.1. The van der Waals surface area contributed by atoms with Gasteiger partial charge in [0.1, 0.15) is 11.9 Å². The van der Waals surface area contributed by atoms with Gasteiger partial charge in [0.15, 0.2) is 0 Å². The standard InChI is InChI=1S/C19H22N2O/c1-12-9-13(2)16(14(3)10-12)11-21-18-8-6-5-7-17(18)20-19(21)15(4)22/h5-10,15,22H,11H2,1-4H3. The number of imidazole rings is 1. The predicted octanol–water partition coefficient (Wildman–Crippen LogP) is 4.06. The fourth-order valence-electron chi connectivity index (χ4n) is 3.20. The molecule has 0 radical (unpaired) electrons. The SMILES string of the molecule is Cc1cc(C)c(Cn2c(C(C)O)nc3ccccc32)c(C)c1. The molecule has 3 aromatic rings. The highest BCUT2D eigenvalue weighted by Crippen LogP contribution is 2.25. The van der Waals surface area contributed by atoms with Crippen molar-refractivity contribution in [3.8, 4) is 0 Å². The van der Waals surface area contributed by atoms with Gasteiger partial charge in [-0.2, -0.15) is 0 Å². The van der Waals surface area contributed by atoms with Crippen molar-refractivity contribution in [3.05, 3.63) is 64.5 Å². The summed E-state index contributed by atoms with van der Waals surface area (Å²) in [7, 11) is 0. The summed E-state index contributed by atoms with van der Waals surface area (Å²) < 4.78 is 2.13. The summed E-state index contributed by atoms with van der Waals surface area (Å²) >= 11 is 0. The normalized spacial score (nSPS) is 12.8. The van der Waals surface area contributed by atoms with Crippen LogP contribution in [-0.4, -0.2) is 14.7 Å². The van der Waals surface area contributed by atoms with Crippen molar-refractivity contribution < 1.29 is 5.11 Å². The number of aromatic nitrogens is 2. The lowest BCUT2D eigenvalue weighted by atomic mass is 9.99. The average molecular weight is 294 g/mol. The molecular formula is C19H22N2O. The van der Waals surface area contributed by atoms with Crippen molar-refractivity contribution in [2.75, 3.05) is 0 Å². The zero-order valence-corrected chi connectivity index (χ0v) is 13.6. The molecule has 2 aromatic carbocycles. The molecule has 1 heterocycles. The summed E-state index contributed by atoms with van der Waals surface area (Å²) in [6.07, 6.45) is -0.585. The Balaban J connectivity index is 2.17. The van der Waals surface area contributed by atoms with Gasteiger partial charge in [0.25, 0.3) is 0 Å². The molecule has 22 heavy (non-hydrogen) atoms. The van der Waals surface area contributed by atoms with E-state index in [1.165, 1.54) is 22.3 Å². The van der Waals surface area contributed by atoms with Gasteiger partial charge in [-0.15, -0.1) is 0 Å². The average Bonchev–Trinajstić information content (AvgIpc) is 2.81. The van der Waals surface area contributed by atoms with E-state index in [0.717, 1.165) is 23.4 Å². The quantitative estimate of drug-likeness (QED) is 0.791. The van der Waals surface area contributed by atoms with E-state index in [4.69, 9.17) is 0 Å². The summed E-state index contributed by atoms with van der Waals surface area (Å²) in [5.74, 6) is 0.723. The van der Waals surface area contributed by atoms with E-state index in [1.807, 2.05) is 18.2 Å². The zero-order chi connectivity index (χ0) is 15.9. The summed E-state index contributed by atoms with van der Waals surface area (Å²) in [6.45, 7) is 8.93. The van der Waals surface area contributed by atoms with Crippen LogP contribution in [0.15, 0.2) is 36.4 Å². The van der Waals surface area contributed by atoms with Gasteiger partial charge in [-0.05, 0) is 56.5 Å². The van der Waals surface area contributed by atoms with E-state index >= 15 is 0 Å². The molecular weight excluding hydrogens is 272 g/mol. The van der Waals surface area contributed by atoms with E-state index in [2.05, 4.69) is 48.5 Å². The molecule has 0 bridgehead atoms. The van der Waals surface area contributed by atoms with Crippen LogP contribution in [0.2, 0.25) is 0 Å². The highest BCUT2D eigenvalue weighted by Gasteiger charge is 2.16. The minimum absolute atomic E-state index is 0.585. The van der Waals surface area contributed by atoms with E-state index < -0.39 is 6.10 Å². The van der Waals surface area contributed by atoms with Crippen LogP contribution < -0.4 is 0 Å². The number of fused-ring (bicyclic) bond motifs is 1. The van der Waals surface area contributed by atoms with E-state index in [9.17, 15) is 5.11 Å². The third kappa shape index (κ3) is 2.53. The lowest BCUT2D eigenvalue weighted by molar-refractivity contribution is 0.185. The van der Waals surface area contributed by atoms with Gasteiger partial charge in [0.05, 0.1) is 11.0 Å². The van der Waals surface area contributed by atoms with Crippen LogP contribution >= 0.6 is 0 Å². The minimum Gasteiger partial charge on any atom is -0.385 e. The molecule has 1 unspecified atom stereocenters. The molecule has 3 heteroatoms. The molecule has 114 valence electrons. The van der Waals surface area contributed by atoms with Gasteiger partial charge in [0.2, 0.25) is 0 Å². The van der Waals surface area contributed by atoms with Crippen LogP contribution in [0.25, 0.3) is 11.0 Å². The van der Waals surface area contributed by atoms with Crippen molar-refractivity contribution >= 4 is 11.0 Å². The maximum absolute atomic E-state index is 10.1. The monoisotopic (exact) mass is 294 g/mol. The number of aliphatic hydroxyl groups is 1. The Morgan fingerprint density at radius 1 is 1.09 bits per heavy atom. The molecule has 0 fully saturated rings. The number of aryl methyl sites for hydroxylation is 3. The van der Waals surface area contributed by atoms with Crippen LogP contribution in [-0.2, 0) is 6.54 Å². The predicted molar refractivity (Wildman–Crippen MR) is 90.1 cm³/mol. The molecule has 1 N–H and O–H groups in total. The maximum atomic E-state index is 10.1. The van der Waals surface area contributed by atoms with Gasteiger partial charge < -0.3 is 9.67 Å². The van der Waals surface area contributed by atoms with Crippen molar-refractivity contribution in [2.45, 2.75) is 40.3 Å². The first-order valence-electron chi connectivity index (χ1n) is 7.67. The smallest absolute Gasteiger partial charge is 0.138 e. The summed E-state index contributed by atoms with van der Waals surface area (Å²) in [4.78, 5) is 4.60. The van der Waals surface area contributed by atoms with Crippen LogP contribution in [0.1, 0.15) is 41.1 Å². The van der Waals surface area contributed by atoms with E-state index in [1.54, 1.807) is 6.92 Å². The fourth-order valence-corrected chi connectivity index (χ4v) is 3.20. The molecule has 0 saturated carbocycles. The van der Waals surface area contributed by atoms with Crippen molar-refractivity contribution in [2.24, 2.45) is 0 Å². The van der Waals surface area contributed by atoms with Gasteiger partial charge >= 0.3 is 0 Å². The van der Waals surface area contributed by atoms with Crippen molar-refractivity contribution in [1.82, 2.24) is 9.55 Å². The summed E-state index contributed by atoms with van der Waals surface area (Å²) in [5.41, 5.74) is 7.15. The second-order valence-corrected chi connectivity index (χ2v) is 6.10. The Hall–Kier alpha value is -2.13. The van der Waals surface area contributed by atoms with Gasteiger partial charge in [0, 0.05) is 6.54 Å². The Morgan fingerprint density at radius 3 is 2.36 bits per heavy atom. The lowest BCUT2D eigenvalue weighted by Crippen LogP contribution is -2.10. The Bertz CT molecular complexity index is 808. The van der Waals surface area contributed by atoms with E-state index in [0.29, 0.717) is 0 Å². The Labute approximate surface area is 131 Å². The largest absolute Gasteiger partial charge is 0.385 e. The Kier molecular flexibility index (Phi) is 3.75. The lowest BCUT2D eigenvalue weighted by Gasteiger charge is -2.16. The summed E-state index contributed by atoms with van der Waals surface area (Å²) in [6, 6.07) is 12.5. The molecule has 0 saturated heterocycles. The highest BCUT2D eigenvalue weighted by atomic mass is 16.3. The molecule has 0 amide bonds. The number of rotatable bonds is 3. The molecule has 0 aliphatic rings. The number of hydrogen-bond donors (Lipinski definition) is 1. The number of nitrogens with zero attached hydrogens (tertiary/aromatic N) is 2. The van der Waals surface area contributed by atoms with Crippen LogP contribution in [0.4, 0.5) is 0 Å². The molecule has 0 aliphatic heterocycles. The van der Waals surface area contributed by atoms with Crippen molar-refractivity contribution in [3.63, 3.8) is 0 Å². The number of para-hydroxylation sites is 2. The second-order valence-electron chi connectivity index (χ2n) is 6.10. The molecule has 0 aliphatic carbocycles. The van der Waals surface area contributed by atoms with Crippen molar-refractivity contribution in [1.29, 1.82) is 0 Å². The molecule has 3 nitrogen and oxygen atoms in total. The molecule has 1 aromatic heterocycles. The third-order valence-electron chi connectivity index (χ3n) is 4.21.